The maximum absolute atomic E-state index is 12.6. The summed E-state index contributed by atoms with van der Waals surface area (Å²) in [6.45, 7) is 3.15. The molecule has 134 valence electrons. The molecule has 0 spiro atoms. The first-order valence-corrected chi connectivity index (χ1v) is 9.42. The monoisotopic (exact) mass is 369 g/mol. The van der Waals surface area contributed by atoms with Gasteiger partial charge in [0.15, 0.2) is 5.16 Å². The van der Waals surface area contributed by atoms with Gasteiger partial charge < -0.3 is 14.8 Å². The summed E-state index contributed by atoms with van der Waals surface area (Å²) in [5, 5.41) is 9.72. The Labute approximate surface area is 155 Å². The number of amides is 1. The Bertz CT molecular complexity index is 909. The third kappa shape index (κ3) is 3.64. The SMILES string of the molecule is CSc1nc(-c2ccc(C(=O)N3CCN(C)CC3)cc2)c(C#N)c(=O)[nH]1. The second-order valence-corrected chi connectivity index (χ2v) is 6.88. The van der Waals surface area contributed by atoms with Gasteiger partial charge in [-0.2, -0.15) is 5.26 Å². The van der Waals surface area contributed by atoms with Crippen LogP contribution in [-0.4, -0.2) is 65.2 Å². The van der Waals surface area contributed by atoms with E-state index in [9.17, 15) is 14.9 Å². The summed E-state index contributed by atoms with van der Waals surface area (Å²) in [5.41, 5.74) is 1.07. The van der Waals surface area contributed by atoms with Crippen molar-refractivity contribution in [1.82, 2.24) is 19.8 Å². The molecule has 0 atom stereocenters. The maximum Gasteiger partial charge on any atom is 0.270 e. The van der Waals surface area contributed by atoms with Crippen molar-refractivity contribution in [2.24, 2.45) is 0 Å². The molecule has 1 aliphatic heterocycles. The van der Waals surface area contributed by atoms with Gasteiger partial charge in [0.2, 0.25) is 0 Å². The number of carbonyl (C=O) groups excluding carboxylic acids is 1. The van der Waals surface area contributed by atoms with E-state index in [2.05, 4.69) is 14.9 Å². The van der Waals surface area contributed by atoms with Crippen LogP contribution >= 0.6 is 11.8 Å². The molecule has 2 aromatic rings. The summed E-state index contributed by atoms with van der Waals surface area (Å²) in [5.74, 6) is -0.00572. The zero-order valence-electron chi connectivity index (χ0n) is 14.7. The number of rotatable bonds is 3. The molecule has 1 aliphatic rings. The summed E-state index contributed by atoms with van der Waals surface area (Å²) in [6.07, 6.45) is 1.80. The van der Waals surface area contributed by atoms with Gasteiger partial charge in [0.1, 0.15) is 11.6 Å². The van der Waals surface area contributed by atoms with Crippen LogP contribution in [0.25, 0.3) is 11.3 Å². The van der Waals surface area contributed by atoms with Gasteiger partial charge in [-0.05, 0) is 25.4 Å². The quantitative estimate of drug-likeness (QED) is 0.650. The number of aromatic amines is 1. The van der Waals surface area contributed by atoms with E-state index >= 15 is 0 Å². The van der Waals surface area contributed by atoms with Gasteiger partial charge >= 0.3 is 0 Å². The lowest BCUT2D eigenvalue weighted by atomic mass is 10.0. The summed E-state index contributed by atoms with van der Waals surface area (Å²) in [7, 11) is 2.04. The number of aromatic nitrogens is 2. The number of nitrogens with zero attached hydrogens (tertiary/aromatic N) is 4. The first-order valence-electron chi connectivity index (χ1n) is 8.20. The van der Waals surface area contributed by atoms with E-state index in [-0.39, 0.29) is 11.5 Å². The van der Waals surface area contributed by atoms with Crippen LogP contribution in [0.15, 0.2) is 34.2 Å². The molecule has 1 fully saturated rings. The van der Waals surface area contributed by atoms with Gasteiger partial charge in [-0.25, -0.2) is 4.98 Å². The Kier molecular flexibility index (Phi) is 5.40. The smallest absolute Gasteiger partial charge is 0.270 e. The number of H-pyrrole nitrogens is 1. The van der Waals surface area contributed by atoms with Gasteiger partial charge in [0, 0.05) is 37.3 Å². The molecule has 8 heteroatoms. The van der Waals surface area contributed by atoms with Gasteiger partial charge in [-0.3, -0.25) is 9.59 Å². The van der Waals surface area contributed by atoms with Crippen LogP contribution in [0, 0.1) is 11.3 Å². The predicted molar refractivity (Wildman–Crippen MR) is 100 cm³/mol. The van der Waals surface area contributed by atoms with Crippen LogP contribution < -0.4 is 5.56 Å². The highest BCUT2D eigenvalue weighted by Crippen LogP contribution is 2.22. The number of thioether (sulfide) groups is 1. The van der Waals surface area contributed by atoms with Crippen molar-refractivity contribution in [3.05, 3.63) is 45.7 Å². The Hall–Kier alpha value is -2.63. The van der Waals surface area contributed by atoms with E-state index in [0.29, 0.717) is 35.1 Å². The lowest BCUT2D eigenvalue weighted by molar-refractivity contribution is 0.0664. The Morgan fingerprint density at radius 2 is 1.88 bits per heavy atom. The summed E-state index contributed by atoms with van der Waals surface area (Å²) in [6, 6.07) is 8.82. The lowest BCUT2D eigenvalue weighted by Crippen LogP contribution is -2.47. The average molecular weight is 369 g/mol. The van der Waals surface area contributed by atoms with E-state index in [1.165, 1.54) is 11.8 Å². The minimum Gasteiger partial charge on any atom is -0.336 e. The fourth-order valence-electron chi connectivity index (χ4n) is 2.82. The molecule has 3 rings (SSSR count). The molecule has 1 N–H and O–H groups in total. The number of benzene rings is 1. The number of nitriles is 1. The molecule has 26 heavy (non-hydrogen) atoms. The number of piperazine rings is 1. The van der Waals surface area contributed by atoms with Crippen molar-refractivity contribution >= 4 is 17.7 Å². The summed E-state index contributed by atoms with van der Waals surface area (Å²) >= 11 is 1.30. The molecule has 2 heterocycles. The van der Waals surface area contributed by atoms with Crippen LogP contribution in [0.1, 0.15) is 15.9 Å². The molecule has 0 unspecified atom stereocenters. The first-order chi connectivity index (χ1) is 12.5. The third-order valence-electron chi connectivity index (χ3n) is 4.40. The van der Waals surface area contributed by atoms with E-state index in [1.807, 2.05) is 18.0 Å². The second-order valence-electron chi connectivity index (χ2n) is 6.08. The summed E-state index contributed by atoms with van der Waals surface area (Å²) < 4.78 is 0. The second kappa shape index (κ2) is 7.72. The molecule has 7 nitrogen and oxygen atoms in total. The Morgan fingerprint density at radius 3 is 2.46 bits per heavy atom. The fourth-order valence-corrected chi connectivity index (χ4v) is 3.20. The van der Waals surface area contributed by atoms with E-state index in [4.69, 9.17) is 0 Å². The van der Waals surface area contributed by atoms with Crippen molar-refractivity contribution in [1.29, 1.82) is 5.26 Å². The minimum absolute atomic E-state index is 0.00572. The van der Waals surface area contributed by atoms with Gasteiger partial charge in [-0.1, -0.05) is 23.9 Å². The fraction of sp³-hybridized carbons (Fsp3) is 0.333. The Balaban J connectivity index is 1.89. The molecule has 1 saturated heterocycles. The molecule has 0 radical (unpaired) electrons. The molecular formula is C18H19N5O2S. The van der Waals surface area contributed by atoms with Gasteiger partial charge in [0.05, 0.1) is 5.69 Å². The van der Waals surface area contributed by atoms with Gasteiger partial charge in [-0.15, -0.1) is 0 Å². The largest absolute Gasteiger partial charge is 0.336 e. The average Bonchev–Trinajstić information content (AvgIpc) is 2.67. The van der Waals surface area contributed by atoms with E-state index < -0.39 is 5.56 Å². The Morgan fingerprint density at radius 1 is 1.23 bits per heavy atom. The molecule has 0 aliphatic carbocycles. The highest BCUT2D eigenvalue weighted by atomic mass is 32.2. The highest BCUT2D eigenvalue weighted by molar-refractivity contribution is 7.98. The van der Waals surface area contributed by atoms with Crippen molar-refractivity contribution in [3.8, 4) is 17.3 Å². The van der Waals surface area contributed by atoms with E-state index in [1.54, 1.807) is 30.5 Å². The molecular weight excluding hydrogens is 350 g/mol. The van der Waals surface area contributed by atoms with Crippen molar-refractivity contribution in [3.63, 3.8) is 0 Å². The molecule has 1 aromatic heterocycles. The number of hydrogen-bond donors (Lipinski definition) is 1. The van der Waals surface area contributed by atoms with Crippen molar-refractivity contribution < 1.29 is 4.79 Å². The number of carbonyl (C=O) groups is 1. The minimum atomic E-state index is -0.459. The van der Waals surface area contributed by atoms with Crippen molar-refractivity contribution in [2.75, 3.05) is 39.5 Å². The normalized spacial score (nSPS) is 14.9. The number of hydrogen-bond acceptors (Lipinski definition) is 6. The van der Waals surface area contributed by atoms with Crippen molar-refractivity contribution in [2.45, 2.75) is 5.16 Å². The standard InChI is InChI=1S/C18H19N5O2S/c1-22-7-9-23(10-8-22)17(25)13-5-3-12(4-6-13)15-14(11-19)16(24)21-18(20-15)26-2/h3-6H,7-10H2,1-2H3,(H,20,21,24). The zero-order chi connectivity index (χ0) is 18.7. The highest BCUT2D eigenvalue weighted by Gasteiger charge is 2.20. The molecule has 0 bridgehead atoms. The van der Waals surface area contributed by atoms with E-state index in [0.717, 1.165) is 13.1 Å². The number of nitrogens with one attached hydrogen (secondary N) is 1. The predicted octanol–water partition coefficient (Wildman–Crippen LogP) is 1.42. The maximum atomic E-state index is 12.6. The molecule has 0 saturated carbocycles. The molecule has 1 amide bonds. The zero-order valence-corrected chi connectivity index (χ0v) is 15.5. The van der Waals surface area contributed by atoms with Crippen LogP contribution in [0.5, 0.6) is 0 Å². The number of likely N-dealkylation sites (N-methyl/N-ethyl adjacent to an activating group) is 1. The van der Waals surface area contributed by atoms with Crippen LogP contribution in [-0.2, 0) is 0 Å². The van der Waals surface area contributed by atoms with Crippen LogP contribution in [0.4, 0.5) is 0 Å². The summed E-state index contributed by atoms with van der Waals surface area (Å²) in [4.78, 5) is 35.6. The first kappa shape index (κ1) is 18.2. The third-order valence-corrected chi connectivity index (χ3v) is 4.98. The van der Waals surface area contributed by atoms with Gasteiger partial charge in [0.25, 0.3) is 11.5 Å². The van der Waals surface area contributed by atoms with Crippen LogP contribution in [0.3, 0.4) is 0 Å². The molecule has 1 aromatic carbocycles. The topological polar surface area (TPSA) is 93.1 Å². The lowest BCUT2D eigenvalue weighted by Gasteiger charge is -2.32. The van der Waals surface area contributed by atoms with Crippen LogP contribution in [0.2, 0.25) is 0 Å².